The van der Waals surface area contributed by atoms with E-state index in [-0.39, 0.29) is 0 Å². The molecule has 1 rings (SSSR count). The van der Waals surface area contributed by atoms with Crippen LogP contribution in [0.3, 0.4) is 0 Å². The first-order valence-electron chi connectivity index (χ1n) is 4.44. The highest BCUT2D eigenvalue weighted by atomic mass is 16.5. The van der Waals surface area contributed by atoms with Crippen molar-refractivity contribution in [2.45, 2.75) is 19.8 Å². The first kappa shape index (κ1) is 9.83. The summed E-state index contributed by atoms with van der Waals surface area (Å²) in [5, 5.41) is 3.94. The molecule has 1 saturated heterocycles. The van der Waals surface area contributed by atoms with Gasteiger partial charge in [0.05, 0.1) is 6.61 Å². The summed E-state index contributed by atoms with van der Waals surface area (Å²) in [7, 11) is 1.96. The monoisotopic (exact) mass is 185 g/mol. The van der Waals surface area contributed by atoms with Gasteiger partial charge in [0.2, 0.25) is 0 Å². The summed E-state index contributed by atoms with van der Waals surface area (Å²) in [4.78, 5) is 12.9. The van der Waals surface area contributed by atoms with Crippen molar-refractivity contribution >= 4 is 11.9 Å². The van der Waals surface area contributed by atoms with E-state index in [9.17, 15) is 4.79 Å². The third-order valence-corrected chi connectivity index (χ3v) is 1.89. The molecule has 1 aliphatic rings. The number of hydrazone groups is 1. The Morgan fingerprint density at radius 1 is 1.77 bits per heavy atom. The molecule has 0 aliphatic carbocycles. The van der Waals surface area contributed by atoms with E-state index in [2.05, 4.69) is 15.3 Å². The highest BCUT2D eigenvalue weighted by Crippen LogP contribution is 2.07. The van der Waals surface area contributed by atoms with Crippen LogP contribution >= 0.6 is 0 Å². The molecule has 0 bridgehead atoms. The highest BCUT2D eigenvalue weighted by Gasteiger charge is 2.14. The number of ether oxygens (including phenoxy) is 1. The molecule has 0 atom stereocenters. The first-order chi connectivity index (χ1) is 6.24. The van der Waals surface area contributed by atoms with Crippen molar-refractivity contribution in [1.29, 1.82) is 0 Å². The van der Waals surface area contributed by atoms with E-state index in [1.165, 1.54) is 0 Å². The molecule has 0 radical (unpaired) electrons. The van der Waals surface area contributed by atoms with Gasteiger partial charge in [-0.1, -0.05) is 0 Å². The van der Waals surface area contributed by atoms with Gasteiger partial charge >= 0.3 is 6.09 Å². The number of hydrogen-bond acceptors (Lipinski definition) is 3. The van der Waals surface area contributed by atoms with Gasteiger partial charge in [-0.25, -0.2) is 10.2 Å². The zero-order valence-electron chi connectivity index (χ0n) is 8.04. The van der Waals surface area contributed by atoms with E-state index in [1.54, 1.807) is 6.92 Å². The van der Waals surface area contributed by atoms with Crippen LogP contribution in [0.25, 0.3) is 0 Å². The highest BCUT2D eigenvalue weighted by molar-refractivity contribution is 5.84. The largest absolute Gasteiger partial charge is 0.449 e. The average Bonchev–Trinajstić information content (AvgIpc) is 2.48. The van der Waals surface area contributed by atoms with Crippen LogP contribution in [0, 0.1) is 0 Å². The minimum atomic E-state index is -0.490. The Labute approximate surface area is 77.7 Å². The first-order valence-corrected chi connectivity index (χ1v) is 4.44. The van der Waals surface area contributed by atoms with Crippen molar-refractivity contribution in [1.82, 2.24) is 10.3 Å². The summed E-state index contributed by atoms with van der Waals surface area (Å²) >= 11 is 0. The molecule has 13 heavy (non-hydrogen) atoms. The van der Waals surface area contributed by atoms with Crippen molar-refractivity contribution in [3.63, 3.8) is 0 Å². The summed E-state index contributed by atoms with van der Waals surface area (Å²) in [6.45, 7) is 3.13. The molecule has 1 heterocycles. The SMILES string of the molecule is CCOC(=O)N/N=C1\CCCN1C. The molecular weight excluding hydrogens is 170 g/mol. The Hall–Kier alpha value is -1.26. The number of nitrogens with one attached hydrogen (secondary N) is 1. The Bertz CT molecular complexity index is 215. The molecule has 0 saturated carbocycles. The summed E-state index contributed by atoms with van der Waals surface area (Å²) in [6, 6.07) is 0. The Morgan fingerprint density at radius 3 is 3.08 bits per heavy atom. The fraction of sp³-hybridized carbons (Fsp3) is 0.750. The van der Waals surface area contributed by atoms with Gasteiger partial charge in [-0.3, -0.25) is 0 Å². The fourth-order valence-electron chi connectivity index (χ4n) is 1.21. The van der Waals surface area contributed by atoms with E-state index >= 15 is 0 Å². The van der Waals surface area contributed by atoms with Crippen molar-refractivity contribution in [2.75, 3.05) is 20.2 Å². The number of amides is 1. The molecule has 0 aromatic heterocycles. The van der Waals surface area contributed by atoms with Gasteiger partial charge in [-0.15, -0.1) is 0 Å². The van der Waals surface area contributed by atoms with Crippen LogP contribution < -0.4 is 5.43 Å². The van der Waals surface area contributed by atoms with Gasteiger partial charge in [0.1, 0.15) is 5.84 Å². The second-order valence-electron chi connectivity index (χ2n) is 2.89. The van der Waals surface area contributed by atoms with E-state index < -0.39 is 6.09 Å². The van der Waals surface area contributed by atoms with Gasteiger partial charge < -0.3 is 9.64 Å². The Morgan fingerprint density at radius 2 is 2.54 bits per heavy atom. The molecule has 0 aromatic carbocycles. The van der Waals surface area contributed by atoms with Crippen molar-refractivity contribution < 1.29 is 9.53 Å². The molecule has 1 aliphatic heterocycles. The molecular formula is C8H15N3O2. The third-order valence-electron chi connectivity index (χ3n) is 1.89. The zero-order valence-corrected chi connectivity index (χ0v) is 8.04. The molecule has 5 nitrogen and oxygen atoms in total. The molecule has 0 aromatic rings. The topological polar surface area (TPSA) is 53.9 Å². The van der Waals surface area contributed by atoms with Crippen molar-refractivity contribution in [3.8, 4) is 0 Å². The van der Waals surface area contributed by atoms with Gasteiger partial charge in [-0.2, -0.15) is 5.10 Å². The number of carbonyl (C=O) groups is 1. The lowest BCUT2D eigenvalue weighted by Crippen LogP contribution is -2.25. The van der Waals surface area contributed by atoms with E-state index in [0.29, 0.717) is 6.61 Å². The lowest BCUT2D eigenvalue weighted by Gasteiger charge is -2.10. The third kappa shape index (κ3) is 2.93. The van der Waals surface area contributed by atoms with Crippen LogP contribution in [0.4, 0.5) is 4.79 Å². The molecule has 0 unspecified atom stereocenters. The van der Waals surface area contributed by atoms with Crippen LogP contribution in [0.15, 0.2) is 5.10 Å². The van der Waals surface area contributed by atoms with E-state index in [4.69, 9.17) is 0 Å². The Balaban J connectivity index is 2.34. The zero-order chi connectivity index (χ0) is 9.68. The van der Waals surface area contributed by atoms with Gasteiger partial charge in [0.15, 0.2) is 0 Å². The maximum absolute atomic E-state index is 10.8. The van der Waals surface area contributed by atoms with Crippen molar-refractivity contribution in [3.05, 3.63) is 0 Å². The molecule has 74 valence electrons. The van der Waals surface area contributed by atoms with E-state index in [1.807, 2.05) is 11.9 Å². The van der Waals surface area contributed by atoms with Gasteiger partial charge in [-0.05, 0) is 13.3 Å². The summed E-state index contributed by atoms with van der Waals surface area (Å²) in [5.41, 5.74) is 2.34. The minimum absolute atomic E-state index is 0.368. The molecule has 0 spiro atoms. The number of hydrogen-bond donors (Lipinski definition) is 1. The minimum Gasteiger partial charge on any atom is -0.449 e. The summed E-state index contributed by atoms with van der Waals surface area (Å²) in [5.74, 6) is 0.910. The lowest BCUT2D eigenvalue weighted by molar-refractivity contribution is 0.152. The number of carbonyl (C=O) groups excluding carboxylic acids is 1. The average molecular weight is 185 g/mol. The number of nitrogens with zero attached hydrogens (tertiary/aromatic N) is 2. The second-order valence-corrected chi connectivity index (χ2v) is 2.89. The second kappa shape index (κ2) is 4.69. The van der Waals surface area contributed by atoms with Crippen LogP contribution in [-0.4, -0.2) is 37.0 Å². The standard InChI is InChI=1S/C8H15N3O2/c1-3-13-8(12)10-9-7-5-4-6-11(7)2/h3-6H2,1-2H3,(H,10,12)/b9-7+. The Kier molecular flexibility index (Phi) is 3.54. The molecule has 1 amide bonds. The van der Waals surface area contributed by atoms with E-state index in [0.717, 1.165) is 25.2 Å². The lowest BCUT2D eigenvalue weighted by atomic mass is 10.4. The van der Waals surface area contributed by atoms with Crippen LogP contribution in [0.2, 0.25) is 0 Å². The maximum Gasteiger partial charge on any atom is 0.427 e. The van der Waals surface area contributed by atoms with Gasteiger partial charge in [0.25, 0.3) is 0 Å². The predicted molar refractivity (Wildman–Crippen MR) is 49.5 cm³/mol. The summed E-state index contributed by atoms with van der Waals surface area (Å²) in [6.07, 6.45) is 1.53. The number of rotatable bonds is 2. The maximum atomic E-state index is 10.8. The smallest absolute Gasteiger partial charge is 0.427 e. The van der Waals surface area contributed by atoms with Gasteiger partial charge in [0, 0.05) is 20.0 Å². The summed E-state index contributed by atoms with van der Waals surface area (Å²) < 4.78 is 4.66. The molecule has 5 heteroatoms. The molecule has 1 fully saturated rings. The predicted octanol–water partition coefficient (Wildman–Crippen LogP) is 0.772. The van der Waals surface area contributed by atoms with Crippen LogP contribution in [-0.2, 0) is 4.74 Å². The quantitative estimate of drug-likeness (QED) is 0.646. The molecule has 1 N–H and O–H groups in total. The van der Waals surface area contributed by atoms with Crippen LogP contribution in [0.5, 0.6) is 0 Å². The number of likely N-dealkylation sites (tertiary alicyclic amines) is 1. The number of amidine groups is 1. The normalized spacial score (nSPS) is 19.2. The van der Waals surface area contributed by atoms with Crippen LogP contribution in [0.1, 0.15) is 19.8 Å². The fourth-order valence-corrected chi connectivity index (χ4v) is 1.21. The van der Waals surface area contributed by atoms with Crippen molar-refractivity contribution in [2.24, 2.45) is 5.10 Å².